The summed E-state index contributed by atoms with van der Waals surface area (Å²) in [5, 5.41) is 0. The molecule has 2 saturated heterocycles. The summed E-state index contributed by atoms with van der Waals surface area (Å²) < 4.78 is 16.2. The Labute approximate surface area is 205 Å². The average Bonchev–Trinajstić information content (AvgIpc) is 3.14. The fourth-order valence-corrected chi connectivity index (χ4v) is 4.82. The quantitative estimate of drug-likeness (QED) is 0.310. The van der Waals surface area contributed by atoms with Crippen molar-refractivity contribution in [1.82, 2.24) is 9.80 Å². The maximum Gasteiger partial charge on any atom is 0.291 e. The standard InChI is InChI=1S/C27H32N2O6/c1-18-5-7-19(8-6-18)25(30)23-24(20-9-10-21(33-2)22(17-20)34-3)29(27(32)26(23)31)12-4-11-28-13-15-35-16-14-28/h5-10,17,23-24H,4,11-16H2,1-3H3. The van der Waals surface area contributed by atoms with Crippen LogP contribution in [-0.4, -0.2) is 80.9 Å². The largest absolute Gasteiger partial charge is 0.493 e. The van der Waals surface area contributed by atoms with E-state index in [9.17, 15) is 14.4 Å². The van der Waals surface area contributed by atoms with Crippen molar-refractivity contribution in [3.63, 3.8) is 0 Å². The Morgan fingerprint density at radius 1 is 0.971 bits per heavy atom. The van der Waals surface area contributed by atoms with Crippen molar-refractivity contribution in [3.05, 3.63) is 59.2 Å². The summed E-state index contributed by atoms with van der Waals surface area (Å²) in [7, 11) is 3.07. The molecule has 1 amide bonds. The van der Waals surface area contributed by atoms with Crippen LogP contribution in [0.2, 0.25) is 0 Å². The van der Waals surface area contributed by atoms with Gasteiger partial charge in [0, 0.05) is 31.7 Å². The number of morpholine rings is 1. The van der Waals surface area contributed by atoms with Crippen LogP contribution in [0.5, 0.6) is 11.5 Å². The molecule has 2 aromatic rings. The van der Waals surface area contributed by atoms with Gasteiger partial charge in [0.05, 0.1) is 33.5 Å². The van der Waals surface area contributed by atoms with E-state index >= 15 is 0 Å². The van der Waals surface area contributed by atoms with Crippen molar-refractivity contribution in [3.8, 4) is 11.5 Å². The minimum absolute atomic E-state index is 0.348. The summed E-state index contributed by atoms with van der Waals surface area (Å²) in [4.78, 5) is 43.8. The number of nitrogens with zero attached hydrogens (tertiary/aromatic N) is 2. The maximum absolute atomic E-state index is 13.6. The van der Waals surface area contributed by atoms with E-state index in [1.54, 1.807) is 42.3 Å². The van der Waals surface area contributed by atoms with Crippen LogP contribution in [0.25, 0.3) is 0 Å². The Hall–Kier alpha value is -3.23. The van der Waals surface area contributed by atoms with Gasteiger partial charge in [-0.2, -0.15) is 0 Å². The molecule has 2 atom stereocenters. The van der Waals surface area contributed by atoms with Gasteiger partial charge in [0.2, 0.25) is 5.78 Å². The summed E-state index contributed by atoms with van der Waals surface area (Å²) in [6.07, 6.45) is 0.689. The molecule has 35 heavy (non-hydrogen) atoms. The lowest BCUT2D eigenvalue weighted by Gasteiger charge is -2.30. The van der Waals surface area contributed by atoms with E-state index in [2.05, 4.69) is 4.90 Å². The summed E-state index contributed by atoms with van der Waals surface area (Å²) in [6.45, 7) is 6.18. The number of methoxy groups -OCH3 is 2. The van der Waals surface area contributed by atoms with Crippen molar-refractivity contribution < 1.29 is 28.6 Å². The Bertz CT molecular complexity index is 1080. The molecule has 0 radical (unpaired) electrons. The smallest absolute Gasteiger partial charge is 0.291 e. The third kappa shape index (κ3) is 5.23. The van der Waals surface area contributed by atoms with Gasteiger partial charge in [0.1, 0.15) is 5.92 Å². The number of hydrogen-bond donors (Lipinski definition) is 0. The predicted molar refractivity (Wildman–Crippen MR) is 130 cm³/mol. The van der Waals surface area contributed by atoms with Gasteiger partial charge in [0.25, 0.3) is 5.91 Å². The molecule has 4 rings (SSSR count). The summed E-state index contributed by atoms with van der Waals surface area (Å²) in [5.41, 5.74) is 2.10. The predicted octanol–water partition coefficient (Wildman–Crippen LogP) is 2.69. The molecule has 0 bridgehead atoms. The molecule has 2 heterocycles. The highest BCUT2D eigenvalue weighted by Crippen LogP contribution is 2.41. The highest BCUT2D eigenvalue weighted by molar-refractivity contribution is 6.44. The third-order valence-electron chi connectivity index (χ3n) is 6.75. The van der Waals surface area contributed by atoms with Gasteiger partial charge in [-0.05, 0) is 31.0 Å². The summed E-state index contributed by atoms with van der Waals surface area (Å²) >= 11 is 0. The van der Waals surface area contributed by atoms with Crippen LogP contribution in [0.1, 0.15) is 33.9 Å². The molecule has 2 aromatic carbocycles. The number of carbonyl (C=O) groups is 3. The normalized spacial score (nSPS) is 20.8. The Kier molecular flexibility index (Phi) is 7.83. The highest BCUT2D eigenvalue weighted by atomic mass is 16.5. The first kappa shape index (κ1) is 24.9. The number of carbonyl (C=O) groups excluding carboxylic acids is 3. The maximum atomic E-state index is 13.6. The van der Waals surface area contributed by atoms with Gasteiger partial charge in [-0.25, -0.2) is 0 Å². The number of ketones is 2. The second-order valence-corrected chi connectivity index (χ2v) is 8.94. The zero-order valence-corrected chi connectivity index (χ0v) is 20.5. The van der Waals surface area contributed by atoms with Crippen LogP contribution in [0.4, 0.5) is 0 Å². The van der Waals surface area contributed by atoms with Crippen LogP contribution >= 0.6 is 0 Å². The topological polar surface area (TPSA) is 85.4 Å². The lowest BCUT2D eigenvalue weighted by atomic mass is 9.86. The zero-order chi connectivity index (χ0) is 24.9. The van der Waals surface area contributed by atoms with Crippen LogP contribution < -0.4 is 9.47 Å². The van der Waals surface area contributed by atoms with E-state index in [0.717, 1.165) is 25.2 Å². The molecule has 2 aliphatic rings. The second kappa shape index (κ2) is 11.0. The fourth-order valence-electron chi connectivity index (χ4n) is 4.82. The molecule has 0 saturated carbocycles. The van der Waals surface area contributed by atoms with E-state index < -0.39 is 23.7 Å². The lowest BCUT2D eigenvalue weighted by Crippen LogP contribution is -2.39. The van der Waals surface area contributed by atoms with Crippen molar-refractivity contribution in [2.75, 3.05) is 53.6 Å². The van der Waals surface area contributed by atoms with E-state index in [1.807, 2.05) is 19.1 Å². The van der Waals surface area contributed by atoms with Crippen LogP contribution in [0, 0.1) is 12.8 Å². The van der Waals surface area contributed by atoms with Crippen molar-refractivity contribution in [1.29, 1.82) is 0 Å². The number of amides is 1. The minimum atomic E-state index is -1.12. The van der Waals surface area contributed by atoms with E-state index in [0.29, 0.717) is 48.8 Å². The Balaban J connectivity index is 1.66. The molecule has 2 fully saturated rings. The SMILES string of the molecule is COc1ccc(C2C(C(=O)c3ccc(C)cc3)C(=O)C(=O)N2CCCN2CCOCC2)cc1OC. The molecule has 8 heteroatoms. The molecule has 0 aliphatic carbocycles. The van der Waals surface area contributed by atoms with Crippen molar-refractivity contribution in [2.45, 2.75) is 19.4 Å². The first-order valence-electron chi connectivity index (χ1n) is 11.9. The fraction of sp³-hybridized carbons (Fsp3) is 0.444. The summed E-state index contributed by atoms with van der Waals surface area (Å²) in [5.74, 6) is -1.73. The van der Waals surface area contributed by atoms with E-state index in [-0.39, 0.29) is 5.78 Å². The second-order valence-electron chi connectivity index (χ2n) is 8.94. The Morgan fingerprint density at radius 3 is 2.31 bits per heavy atom. The van der Waals surface area contributed by atoms with Gasteiger partial charge >= 0.3 is 0 Å². The lowest BCUT2D eigenvalue weighted by molar-refractivity contribution is -0.140. The first-order valence-corrected chi connectivity index (χ1v) is 11.9. The number of Topliss-reactive ketones (excluding diaryl/α,β-unsaturated/α-hetero) is 2. The molecule has 0 N–H and O–H groups in total. The van der Waals surface area contributed by atoms with E-state index in [1.165, 1.54) is 7.11 Å². The molecular weight excluding hydrogens is 448 g/mol. The van der Waals surface area contributed by atoms with Crippen molar-refractivity contribution >= 4 is 17.5 Å². The third-order valence-corrected chi connectivity index (χ3v) is 6.75. The van der Waals surface area contributed by atoms with Crippen LogP contribution in [0.15, 0.2) is 42.5 Å². The molecule has 186 valence electrons. The highest BCUT2D eigenvalue weighted by Gasteiger charge is 2.51. The van der Waals surface area contributed by atoms with Gasteiger partial charge in [-0.3, -0.25) is 19.3 Å². The molecule has 8 nitrogen and oxygen atoms in total. The average molecular weight is 481 g/mol. The molecule has 0 aromatic heterocycles. The minimum Gasteiger partial charge on any atom is -0.493 e. The first-order chi connectivity index (χ1) is 16.9. The molecule has 2 aliphatic heterocycles. The van der Waals surface area contributed by atoms with Crippen molar-refractivity contribution in [2.24, 2.45) is 5.92 Å². The van der Waals surface area contributed by atoms with Crippen LogP contribution in [0.3, 0.4) is 0 Å². The van der Waals surface area contributed by atoms with Crippen LogP contribution in [-0.2, 0) is 14.3 Å². The molecule has 2 unspecified atom stereocenters. The van der Waals surface area contributed by atoms with Gasteiger partial charge < -0.3 is 19.1 Å². The monoisotopic (exact) mass is 480 g/mol. The molecular formula is C27H32N2O6. The number of ether oxygens (including phenoxy) is 3. The zero-order valence-electron chi connectivity index (χ0n) is 20.5. The van der Waals surface area contributed by atoms with E-state index in [4.69, 9.17) is 14.2 Å². The number of likely N-dealkylation sites (tertiary alicyclic amines) is 1. The number of rotatable bonds is 9. The van der Waals surface area contributed by atoms with Gasteiger partial charge in [-0.1, -0.05) is 35.9 Å². The number of benzene rings is 2. The van der Waals surface area contributed by atoms with Gasteiger partial charge in [-0.15, -0.1) is 0 Å². The number of aryl methyl sites for hydroxylation is 1. The molecule has 0 spiro atoms. The number of hydrogen-bond acceptors (Lipinski definition) is 7. The Morgan fingerprint density at radius 2 is 1.66 bits per heavy atom. The summed E-state index contributed by atoms with van der Waals surface area (Å²) in [6, 6.07) is 11.7. The van der Waals surface area contributed by atoms with Gasteiger partial charge in [0.15, 0.2) is 17.3 Å².